The Morgan fingerprint density at radius 2 is 2.33 bits per heavy atom. The van der Waals surface area contributed by atoms with E-state index in [0.717, 1.165) is 5.56 Å². The van der Waals surface area contributed by atoms with Crippen molar-refractivity contribution < 1.29 is 4.74 Å². The van der Waals surface area contributed by atoms with E-state index in [-0.39, 0.29) is 0 Å². The Balaban J connectivity index is 2.68. The third-order valence-electron chi connectivity index (χ3n) is 1.53. The van der Waals surface area contributed by atoms with E-state index in [1.165, 1.54) is 0 Å². The molecule has 0 aliphatic rings. The minimum absolute atomic E-state index is 0.589. The Morgan fingerprint density at radius 1 is 1.50 bits per heavy atom. The van der Waals surface area contributed by atoms with E-state index in [9.17, 15) is 0 Å². The van der Waals surface area contributed by atoms with E-state index >= 15 is 0 Å². The van der Waals surface area contributed by atoms with Crippen molar-refractivity contribution in [2.45, 2.75) is 13.5 Å². The van der Waals surface area contributed by atoms with E-state index < -0.39 is 0 Å². The molecule has 0 saturated carbocycles. The smallest absolute Gasteiger partial charge is 0.0991 e. The molecule has 0 heterocycles. The molecule has 62 valence electrons. The number of nitriles is 1. The van der Waals surface area contributed by atoms with Crippen molar-refractivity contribution in [3.63, 3.8) is 0 Å². The average molecular weight is 161 g/mol. The van der Waals surface area contributed by atoms with Gasteiger partial charge in [-0.15, -0.1) is 0 Å². The van der Waals surface area contributed by atoms with Crippen molar-refractivity contribution in [2.75, 3.05) is 6.61 Å². The molecule has 1 rings (SSSR count). The summed E-state index contributed by atoms with van der Waals surface area (Å²) in [5, 5.41) is 8.60. The lowest BCUT2D eigenvalue weighted by Crippen LogP contribution is -1.91. The zero-order chi connectivity index (χ0) is 8.81. The predicted molar refractivity (Wildman–Crippen MR) is 46.5 cm³/mol. The van der Waals surface area contributed by atoms with E-state index in [4.69, 9.17) is 10.00 Å². The third kappa shape index (κ3) is 2.37. The molecule has 0 bridgehead atoms. The van der Waals surface area contributed by atoms with Crippen molar-refractivity contribution in [3.8, 4) is 6.07 Å². The molecule has 0 N–H and O–H groups in total. The largest absolute Gasteiger partial charge is 0.377 e. The monoisotopic (exact) mass is 161 g/mol. The van der Waals surface area contributed by atoms with Crippen molar-refractivity contribution >= 4 is 0 Å². The Kier molecular flexibility index (Phi) is 3.31. The number of rotatable bonds is 3. The first-order chi connectivity index (χ1) is 5.86. The van der Waals surface area contributed by atoms with Gasteiger partial charge in [0.1, 0.15) is 0 Å². The summed E-state index contributed by atoms with van der Waals surface area (Å²) in [5.41, 5.74) is 1.74. The van der Waals surface area contributed by atoms with E-state index in [1.807, 2.05) is 25.1 Å². The van der Waals surface area contributed by atoms with Crippen LogP contribution in [0.4, 0.5) is 0 Å². The lowest BCUT2D eigenvalue weighted by Gasteiger charge is -2.00. The zero-order valence-electron chi connectivity index (χ0n) is 7.08. The van der Waals surface area contributed by atoms with Crippen LogP contribution in [0.5, 0.6) is 0 Å². The van der Waals surface area contributed by atoms with Crippen molar-refractivity contribution in [1.29, 1.82) is 5.26 Å². The molecule has 2 heteroatoms. The molecule has 1 aromatic carbocycles. The van der Waals surface area contributed by atoms with Gasteiger partial charge in [-0.1, -0.05) is 12.1 Å². The van der Waals surface area contributed by atoms with Gasteiger partial charge in [-0.25, -0.2) is 0 Å². The first-order valence-corrected chi connectivity index (χ1v) is 3.93. The van der Waals surface area contributed by atoms with Gasteiger partial charge >= 0.3 is 0 Å². The maximum atomic E-state index is 8.60. The molecule has 2 nitrogen and oxygen atoms in total. The van der Waals surface area contributed by atoms with Crippen LogP contribution in [0.15, 0.2) is 24.3 Å². The van der Waals surface area contributed by atoms with Gasteiger partial charge in [0, 0.05) is 6.61 Å². The quantitative estimate of drug-likeness (QED) is 0.680. The van der Waals surface area contributed by atoms with Crippen LogP contribution in [0.2, 0.25) is 0 Å². The Hall–Kier alpha value is -1.33. The second-order valence-corrected chi connectivity index (χ2v) is 2.45. The lowest BCUT2D eigenvalue weighted by atomic mass is 10.1. The van der Waals surface area contributed by atoms with Gasteiger partial charge in [0.05, 0.1) is 18.2 Å². The molecule has 0 fully saturated rings. The summed E-state index contributed by atoms with van der Waals surface area (Å²) in [6.45, 7) is 3.25. The van der Waals surface area contributed by atoms with Crippen molar-refractivity contribution in [1.82, 2.24) is 0 Å². The molecule has 0 spiro atoms. The Bertz CT molecular complexity index is 288. The van der Waals surface area contributed by atoms with Gasteiger partial charge < -0.3 is 4.74 Å². The molecule has 0 amide bonds. The van der Waals surface area contributed by atoms with Crippen molar-refractivity contribution in [3.05, 3.63) is 35.4 Å². The molecule has 0 aliphatic heterocycles. The van der Waals surface area contributed by atoms with Crippen LogP contribution in [-0.4, -0.2) is 6.61 Å². The normalized spacial score (nSPS) is 9.33. The van der Waals surface area contributed by atoms with Gasteiger partial charge in [0.15, 0.2) is 0 Å². The van der Waals surface area contributed by atoms with Crippen LogP contribution in [0.1, 0.15) is 18.1 Å². The fourth-order valence-electron chi connectivity index (χ4n) is 0.951. The third-order valence-corrected chi connectivity index (χ3v) is 1.53. The predicted octanol–water partition coefficient (Wildman–Crippen LogP) is 2.09. The summed E-state index contributed by atoms with van der Waals surface area (Å²) in [5.74, 6) is 0. The number of hydrogen-bond acceptors (Lipinski definition) is 2. The van der Waals surface area contributed by atoms with Crippen LogP contribution in [0, 0.1) is 11.3 Å². The first-order valence-electron chi connectivity index (χ1n) is 3.93. The number of nitrogens with zero attached hydrogens (tertiary/aromatic N) is 1. The second kappa shape index (κ2) is 4.53. The van der Waals surface area contributed by atoms with E-state index in [2.05, 4.69) is 6.07 Å². The molecule has 0 saturated heterocycles. The summed E-state index contributed by atoms with van der Waals surface area (Å²) < 4.78 is 5.21. The van der Waals surface area contributed by atoms with Gasteiger partial charge in [-0.05, 0) is 24.6 Å². The summed E-state index contributed by atoms with van der Waals surface area (Å²) in [6, 6.07) is 9.54. The number of ether oxygens (including phenoxy) is 1. The van der Waals surface area contributed by atoms with Crippen LogP contribution in [0.3, 0.4) is 0 Å². The molecule has 0 radical (unpaired) electrons. The zero-order valence-corrected chi connectivity index (χ0v) is 7.08. The Labute approximate surface area is 72.4 Å². The summed E-state index contributed by atoms with van der Waals surface area (Å²) in [7, 11) is 0. The van der Waals surface area contributed by atoms with Gasteiger partial charge in [0.25, 0.3) is 0 Å². The van der Waals surface area contributed by atoms with E-state index in [0.29, 0.717) is 18.8 Å². The number of hydrogen-bond donors (Lipinski definition) is 0. The highest BCUT2D eigenvalue weighted by Gasteiger charge is 1.93. The minimum Gasteiger partial charge on any atom is -0.377 e. The molecule has 1 aromatic rings. The molecule has 0 atom stereocenters. The lowest BCUT2D eigenvalue weighted by molar-refractivity contribution is 0.134. The molecule has 0 unspecified atom stereocenters. The SMILES string of the molecule is CCOCc1cccc(C#N)c1. The summed E-state index contributed by atoms with van der Waals surface area (Å²) >= 11 is 0. The number of benzene rings is 1. The fourth-order valence-corrected chi connectivity index (χ4v) is 0.951. The topological polar surface area (TPSA) is 33.0 Å². The standard InChI is InChI=1S/C10H11NO/c1-2-12-8-10-5-3-4-9(6-10)7-11/h3-6H,2,8H2,1H3. The van der Waals surface area contributed by atoms with Gasteiger partial charge in [0.2, 0.25) is 0 Å². The molecular weight excluding hydrogens is 150 g/mol. The van der Waals surface area contributed by atoms with Crippen LogP contribution in [0.25, 0.3) is 0 Å². The summed E-state index contributed by atoms with van der Waals surface area (Å²) in [4.78, 5) is 0. The molecular formula is C10H11NO. The fraction of sp³-hybridized carbons (Fsp3) is 0.300. The van der Waals surface area contributed by atoms with Crippen LogP contribution < -0.4 is 0 Å². The molecule has 12 heavy (non-hydrogen) atoms. The summed E-state index contributed by atoms with van der Waals surface area (Å²) in [6.07, 6.45) is 0. The molecule has 0 aliphatic carbocycles. The van der Waals surface area contributed by atoms with Crippen molar-refractivity contribution in [2.24, 2.45) is 0 Å². The maximum absolute atomic E-state index is 8.60. The Morgan fingerprint density at radius 3 is 3.00 bits per heavy atom. The average Bonchev–Trinajstić information content (AvgIpc) is 2.15. The highest BCUT2D eigenvalue weighted by molar-refractivity contribution is 5.32. The molecule has 0 aromatic heterocycles. The minimum atomic E-state index is 0.589. The first kappa shape index (κ1) is 8.76. The van der Waals surface area contributed by atoms with Gasteiger partial charge in [-0.3, -0.25) is 0 Å². The highest BCUT2D eigenvalue weighted by atomic mass is 16.5. The maximum Gasteiger partial charge on any atom is 0.0991 e. The van der Waals surface area contributed by atoms with Gasteiger partial charge in [-0.2, -0.15) is 5.26 Å². The second-order valence-electron chi connectivity index (χ2n) is 2.45. The van der Waals surface area contributed by atoms with E-state index in [1.54, 1.807) is 6.07 Å². The van der Waals surface area contributed by atoms with Crippen LogP contribution in [-0.2, 0) is 11.3 Å². The highest BCUT2D eigenvalue weighted by Crippen LogP contribution is 2.04. The van der Waals surface area contributed by atoms with Crippen LogP contribution >= 0.6 is 0 Å².